The molecule has 0 saturated heterocycles. The molecule has 2 aromatic heterocycles. The summed E-state index contributed by atoms with van der Waals surface area (Å²) in [5.74, 6) is 1.66. The van der Waals surface area contributed by atoms with Crippen LogP contribution >= 0.6 is 0 Å². The quantitative estimate of drug-likeness (QED) is 0.781. The average molecular weight is 191 g/mol. The van der Waals surface area contributed by atoms with E-state index < -0.39 is 0 Å². The van der Waals surface area contributed by atoms with Crippen LogP contribution in [0.5, 0.6) is 0 Å². The summed E-state index contributed by atoms with van der Waals surface area (Å²) in [5.41, 5.74) is 7.45. The molecule has 0 bridgehead atoms. The van der Waals surface area contributed by atoms with Crippen LogP contribution in [-0.2, 0) is 13.6 Å². The van der Waals surface area contributed by atoms with Crippen molar-refractivity contribution < 1.29 is 4.42 Å². The third-order valence-corrected chi connectivity index (χ3v) is 2.10. The zero-order valence-electron chi connectivity index (χ0n) is 8.32. The van der Waals surface area contributed by atoms with Crippen molar-refractivity contribution in [1.29, 1.82) is 0 Å². The first kappa shape index (κ1) is 9.02. The van der Waals surface area contributed by atoms with E-state index in [1.807, 2.05) is 32.3 Å². The molecule has 4 nitrogen and oxygen atoms in total. The molecule has 74 valence electrons. The Morgan fingerprint density at radius 2 is 2.29 bits per heavy atom. The molecule has 0 spiro atoms. The summed E-state index contributed by atoms with van der Waals surface area (Å²) in [4.78, 5) is 0. The van der Waals surface area contributed by atoms with Crippen molar-refractivity contribution in [1.82, 2.24) is 9.78 Å². The van der Waals surface area contributed by atoms with E-state index in [4.69, 9.17) is 10.2 Å². The van der Waals surface area contributed by atoms with Gasteiger partial charge in [-0.05, 0) is 19.1 Å². The highest BCUT2D eigenvalue weighted by Crippen LogP contribution is 2.23. The van der Waals surface area contributed by atoms with Gasteiger partial charge >= 0.3 is 0 Å². The molecule has 0 unspecified atom stereocenters. The predicted molar refractivity (Wildman–Crippen MR) is 53.5 cm³/mol. The zero-order chi connectivity index (χ0) is 10.1. The van der Waals surface area contributed by atoms with Gasteiger partial charge in [0.05, 0.1) is 0 Å². The first-order valence-corrected chi connectivity index (χ1v) is 4.50. The highest BCUT2D eigenvalue weighted by molar-refractivity contribution is 5.56. The summed E-state index contributed by atoms with van der Waals surface area (Å²) in [6, 6.07) is 3.83. The van der Waals surface area contributed by atoms with Gasteiger partial charge in [0, 0.05) is 25.4 Å². The smallest absolute Gasteiger partial charge is 0.154 e. The number of aromatic nitrogens is 2. The lowest BCUT2D eigenvalue weighted by Gasteiger charge is -1.93. The van der Waals surface area contributed by atoms with Gasteiger partial charge in [0.25, 0.3) is 0 Å². The van der Waals surface area contributed by atoms with Gasteiger partial charge in [0.2, 0.25) is 0 Å². The van der Waals surface area contributed by atoms with E-state index >= 15 is 0 Å². The number of aryl methyl sites for hydroxylation is 2. The molecular weight excluding hydrogens is 178 g/mol. The number of hydrogen-bond donors (Lipinski definition) is 1. The number of hydrogen-bond acceptors (Lipinski definition) is 3. The molecule has 0 aliphatic rings. The van der Waals surface area contributed by atoms with Crippen molar-refractivity contribution >= 4 is 0 Å². The van der Waals surface area contributed by atoms with Gasteiger partial charge in [-0.15, -0.1) is 0 Å². The van der Waals surface area contributed by atoms with Crippen molar-refractivity contribution in [2.45, 2.75) is 13.5 Å². The third kappa shape index (κ3) is 1.44. The minimum atomic E-state index is 0.475. The van der Waals surface area contributed by atoms with Gasteiger partial charge in [0.15, 0.2) is 5.76 Å². The highest BCUT2D eigenvalue weighted by Gasteiger charge is 2.11. The molecule has 0 aliphatic carbocycles. The fraction of sp³-hybridized carbons (Fsp3) is 0.300. The monoisotopic (exact) mass is 191 g/mol. The second kappa shape index (κ2) is 3.31. The maximum atomic E-state index is 5.61. The van der Waals surface area contributed by atoms with Crippen molar-refractivity contribution in [2.24, 2.45) is 12.8 Å². The molecule has 0 aromatic carbocycles. The average Bonchev–Trinajstić information content (AvgIpc) is 2.71. The first-order chi connectivity index (χ1) is 6.70. The van der Waals surface area contributed by atoms with Crippen LogP contribution in [0.1, 0.15) is 11.3 Å². The molecule has 14 heavy (non-hydrogen) atoms. The van der Waals surface area contributed by atoms with Gasteiger partial charge in [-0.2, -0.15) is 5.10 Å². The molecule has 2 rings (SSSR count). The largest absolute Gasteiger partial charge is 0.460 e. The molecule has 2 aromatic rings. The molecule has 2 heterocycles. The molecule has 0 saturated carbocycles. The van der Waals surface area contributed by atoms with Gasteiger partial charge in [-0.1, -0.05) is 0 Å². The fourth-order valence-corrected chi connectivity index (χ4v) is 1.46. The summed E-state index contributed by atoms with van der Waals surface area (Å²) in [7, 11) is 1.87. The maximum Gasteiger partial charge on any atom is 0.154 e. The zero-order valence-corrected chi connectivity index (χ0v) is 8.32. The Balaban J connectivity index is 2.49. The molecule has 0 fully saturated rings. The van der Waals surface area contributed by atoms with Crippen molar-refractivity contribution in [3.63, 3.8) is 0 Å². The summed E-state index contributed by atoms with van der Waals surface area (Å²) in [6.45, 7) is 2.39. The van der Waals surface area contributed by atoms with E-state index in [-0.39, 0.29) is 0 Å². The fourth-order valence-electron chi connectivity index (χ4n) is 1.46. The Morgan fingerprint density at radius 3 is 2.86 bits per heavy atom. The molecule has 0 aliphatic heterocycles. The van der Waals surface area contributed by atoms with Gasteiger partial charge in [0.1, 0.15) is 11.5 Å². The lowest BCUT2D eigenvalue weighted by molar-refractivity contribution is 0.544. The minimum Gasteiger partial charge on any atom is -0.460 e. The van der Waals surface area contributed by atoms with Crippen LogP contribution in [0.25, 0.3) is 11.5 Å². The van der Waals surface area contributed by atoms with Crippen LogP contribution in [0.4, 0.5) is 0 Å². The highest BCUT2D eigenvalue weighted by atomic mass is 16.3. The summed E-state index contributed by atoms with van der Waals surface area (Å²) >= 11 is 0. The van der Waals surface area contributed by atoms with E-state index in [1.165, 1.54) is 0 Å². The Bertz CT molecular complexity index is 442. The topological polar surface area (TPSA) is 57.0 Å². The van der Waals surface area contributed by atoms with Crippen molar-refractivity contribution in [3.05, 3.63) is 29.7 Å². The van der Waals surface area contributed by atoms with E-state index in [0.717, 1.165) is 22.8 Å². The minimum absolute atomic E-state index is 0.475. The number of nitrogens with two attached hydrogens (primary N) is 1. The summed E-state index contributed by atoms with van der Waals surface area (Å²) in [6.07, 6.45) is 1.91. The maximum absolute atomic E-state index is 5.61. The van der Waals surface area contributed by atoms with Crippen LogP contribution in [-0.4, -0.2) is 9.78 Å². The second-order valence-corrected chi connectivity index (χ2v) is 3.29. The first-order valence-electron chi connectivity index (χ1n) is 4.50. The SMILES string of the molecule is Cc1ccc(-c2nn(C)cc2CN)o1. The normalized spacial score (nSPS) is 10.8. The van der Waals surface area contributed by atoms with E-state index in [1.54, 1.807) is 4.68 Å². The molecule has 0 radical (unpaired) electrons. The second-order valence-electron chi connectivity index (χ2n) is 3.29. The van der Waals surface area contributed by atoms with Crippen molar-refractivity contribution in [2.75, 3.05) is 0 Å². The van der Waals surface area contributed by atoms with Crippen molar-refractivity contribution in [3.8, 4) is 11.5 Å². The molecule has 0 atom stereocenters. The molecule has 0 amide bonds. The van der Waals surface area contributed by atoms with E-state index in [2.05, 4.69) is 5.10 Å². The third-order valence-electron chi connectivity index (χ3n) is 2.10. The molecular formula is C10H13N3O. The Labute approximate surface area is 82.3 Å². The van der Waals surface area contributed by atoms with Crippen LogP contribution in [0, 0.1) is 6.92 Å². The molecule has 2 N–H and O–H groups in total. The summed E-state index contributed by atoms with van der Waals surface area (Å²) < 4.78 is 7.24. The molecule has 4 heteroatoms. The van der Waals surface area contributed by atoms with Gasteiger partial charge in [-0.3, -0.25) is 4.68 Å². The predicted octanol–water partition coefficient (Wildman–Crippen LogP) is 1.45. The van der Waals surface area contributed by atoms with E-state index in [9.17, 15) is 0 Å². The number of nitrogens with zero attached hydrogens (tertiary/aromatic N) is 2. The number of rotatable bonds is 2. The van der Waals surface area contributed by atoms with Crippen LogP contribution in [0.3, 0.4) is 0 Å². The van der Waals surface area contributed by atoms with Crippen LogP contribution in [0.15, 0.2) is 22.7 Å². The van der Waals surface area contributed by atoms with Gasteiger partial charge < -0.3 is 10.2 Å². The summed E-state index contributed by atoms with van der Waals surface area (Å²) in [5, 5.41) is 4.31. The van der Waals surface area contributed by atoms with E-state index in [0.29, 0.717) is 6.54 Å². The van der Waals surface area contributed by atoms with Gasteiger partial charge in [-0.25, -0.2) is 0 Å². The standard InChI is InChI=1S/C10H13N3O/c1-7-3-4-9(14-7)10-8(5-11)6-13(2)12-10/h3-4,6H,5,11H2,1-2H3. The van der Waals surface area contributed by atoms with Crippen LogP contribution < -0.4 is 5.73 Å². The Hall–Kier alpha value is -1.55. The Kier molecular flexibility index (Phi) is 2.13. The van der Waals surface area contributed by atoms with Crippen LogP contribution in [0.2, 0.25) is 0 Å². The Morgan fingerprint density at radius 1 is 1.50 bits per heavy atom. The lowest BCUT2D eigenvalue weighted by atomic mass is 10.2. The lowest BCUT2D eigenvalue weighted by Crippen LogP contribution is -1.95. The number of furan rings is 1.